The maximum Gasteiger partial charge on any atom is 0.417 e. The van der Waals surface area contributed by atoms with E-state index < -0.39 is 22.8 Å². The number of nitrogens with one attached hydrogen (secondary N) is 2. The maximum absolute atomic E-state index is 13.1. The highest BCUT2D eigenvalue weighted by atomic mass is 35.5. The van der Waals surface area contributed by atoms with Crippen molar-refractivity contribution in [3.05, 3.63) is 77.1 Å². The Bertz CT molecular complexity index is 1170. The molecule has 0 spiro atoms. The van der Waals surface area contributed by atoms with Gasteiger partial charge < -0.3 is 15.4 Å². The predicted octanol–water partition coefficient (Wildman–Crippen LogP) is 5.57. The van der Waals surface area contributed by atoms with Gasteiger partial charge in [0.1, 0.15) is 17.2 Å². The molecule has 11 heteroatoms. The van der Waals surface area contributed by atoms with Gasteiger partial charge in [-0.15, -0.1) is 0 Å². The number of urea groups is 1. The fourth-order valence-electron chi connectivity index (χ4n) is 2.73. The average Bonchev–Trinajstić information content (AvgIpc) is 2.79. The van der Waals surface area contributed by atoms with Crippen molar-refractivity contribution in [2.45, 2.75) is 6.18 Å². The summed E-state index contributed by atoms with van der Waals surface area (Å²) in [4.78, 5) is 29.1. The highest BCUT2D eigenvalue weighted by Crippen LogP contribution is 2.37. The molecule has 0 saturated carbocycles. The number of amides is 3. The summed E-state index contributed by atoms with van der Waals surface area (Å²) >= 11 is 5.62. The third-order valence-electron chi connectivity index (χ3n) is 4.48. The lowest BCUT2D eigenvalue weighted by Gasteiger charge is -2.20. The van der Waals surface area contributed by atoms with Crippen molar-refractivity contribution in [2.75, 3.05) is 24.3 Å². The van der Waals surface area contributed by atoms with Crippen molar-refractivity contribution in [1.29, 1.82) is 0 Å². The van der Waals surface area contributed by atoms with Crippen molar-refractivity contribution < 1.29 is 27.5 Å². The Balaban J connectivity index is 1.67. The van der Waals surface area contributed by atoms with Gasteiger partial charge in [0.25, 0.3) is 5.91 Å². The quantitative estimate of drug-likeness (QED) is 0.502. The molecule has 0 unspecified atom stereocenters. The van der Waals surface area contributed by atoms with E-state index in [-0.39, 0.29) is 17.3 Å². The summed E-state index contributed by atoms with van der Waals surface area (Å²) in [6, 6.07) is 11.9. The van der Waals surface area contributed by atoms with Gasteiger partial charge in [-0.2, -0.15) is 13.2 Å². The number of hydrogen-bond donors (Lipinski definition) is 2. The summed E-state index contributed by atoms with van der Waals surface area (Å²) in [5, 5.41) is 4.61. The third-order valence-corrected chi connectivity index (χ3v) is 4.81. The summed E-state index contributed by atoms with van der Waals surface area (Å²) in [5.41, 5.74) is -0.421. The Kier molecular flexibility index (Phi) is 7.07. The van der Waals surface area contributed by atoms with Crippen molar-refractivity contribution in [3.8, 4) is 11.5 Å². The molecule has 3 rings (SSSR count). The highest BCUT2D eigenvalue weighted by Gasteiger charge is 2.34. The minimum atomic E-state index is -4.64. The van der Waals surface area contributed by atoms with E-state index in [1.165, 1.54) is 32.4 Å². The molecule has 1 heterocycles. The summed E-state index contributed by atoms with van der Waals surface area (Å²) in [6.07, 6.45) is -3.21. The smallest absolute Gasteiger partial charge is 0.417 e. The number of pyridine rings is 1. The normalized spacial score (nSPS) is 11.0. The number of halogens is 4. The molecule has 0 aliphatic heterocycles. The zero-order chi connectivity index (χ0) is 24.2. The number of carbonyl (C=O) groups excluding carboxylic acids is 2. The molecule has 1 aromatic heterocycles. The van der Waals surface area contributed by atoms with Crippen molar-refractivity contribution in [1.82, 2.24) is 10.3 Å². The van der Waals surface area contributed by atoms with Crippen LogP contribution in [0.1, 0.15) is 16.1 Å². The summed E-state index contributed by atoms with van der Waals surface area (Å²) in [6.45, 7) is 0. The number of benzene rings is 2. The molecule has 0 bridgehead atoms. The lowest BCUT2D eigenvalue weighted by Crippen LogP contribution is -2.31. The zero-order valence-corrected chi connectivity index (χ0v) is 18.2. The van der Waals surface area contributed by atoms with Crippen molar-refractivity contribution in [3.63, 3.8) is 0 Å². The standard InChI is InChI=1S/C22H18ClF3N4O3/c1-27-20(31)19-12-16(9-10-28-19)33-15-6-3-13(4-7-15)29-21(32)30(2)14-5-8-18(23)17(11-14)22(24,25)26/h3-12H,1-2H3,(H,27,31)(H,29,32). The second-order valence-electron chi connectivity index (χ2n) is 6.73. The average molecular weight is 479 g/mol. The van der Waals surface area contributed by atoms with E-state index in [0.29, 0.717) is 17.2 Å². The van der Waals surface area contributed by atoms with Crippen LogP contribution in [0.15, 0.2) is 60.8 Å². The molecule has 0 saturated heterocycles. The summed E-state index contributed by atoms with van der Waals surface area (Å²) in [5.74, 6) is 0.469. The maximum atomic E-state index is 13.1. The van der Waals surface area contributed by atoms with Gasteiger partial charge >= 0.3 is 12.2 Å². The third kappa shape index (κ3) is 5.92. The second kappa shape index (κ2) is 9.78. The van der Waals surface area contributed by atoms with Crippen LogP contribution >= 0.6 is 11.6 Å². The summed E-state index contributed by atoms with van der Waals surface area (Å²) < 4.78 is 44.9. The number of aromatic nitrogens is 1. The van der Waals surface area contributed by atoms with Crippen molar-refractivity contribution in [2.24, 2.45) is 0 Å². The van der Waals surface area contributed by atoms with Gasteiger partial charge in [-0.3, -0.25) is 14.7 Å². The lowest BCUT2D eigenvalue weighted by atomic mass is 10.2. The molecule has 3 amide bonds. The van der Waals surface area contributed by atoms with E-state index in [4.69, 9.17) is 16.3 Å². The number of anilines is 2. The summed E-state index contributed by atoms with van der Waals surface area (Å²) in [7, 11) is 2.83. The van der Waals surface area contributed by atoms with Gasteiger partial charge in [0, 0.05) is 37.7 Å². The molecule has 172 valence electrons. The first-order chi connectivity index (χ1) is 15.6. The van der Waals surface area contributed by atoms with Crippen LogP contribution in [0.2, 0.25) is 5.02 Å². The van der Waals surface area contributed by atoms with Crippen LogP contribution in [-0.4, -0.2) is 31.0 Å². The Hall–Kier alpha value is -3.79. The van der Waals surface area contributed by atoms with Crippen LogP contribution in [0.3, 0.4) is 0 Å². The highest BCUT2D eigenvalue weighted by molar-refractivity contribution is 6.31. The zero-order valence-electron chi connectivity index (χ0n) is 17.4. The molecule has 0 aliphatic rings. The molecule has 3 aromatic rings. The van der Waals surface area contributed by atoms with Crippen LogP contribution < -0.4 is 20.3 Å². The topological polar surface area (TPSA) is 83.6 Å². The number of ether oxygens (including phenoxy) is 1. The fourth-order valence-corrected chi connectivity index (χ4v) is 2.96. The first-order valence-electron chi connectivity index (χ1n) is 9.46. The van der Waals surface area contributed by atoms with Gasteiger partial charge in [-0.25, -0.2) is 4.79 Å². The SMILES string of the molecule is CNC(=O)c1cc(Oc2ccc(NC(=O)N(C)c3ccc(Cl)c(C(F)(F)F)c3)cc2)ccn1. The predicted molar refractivity (Wildman–Crippen MR) is 118 cm³/mol. The van der Waals surface area contributed by atoms with E-state index in [9.17, 15) is 22.8 Å². The number of hydrogen-bond acceptors (Lipinski definition) is 4. The first kappa shape index (κ1) is 23.9. The molecule has 2 N–H and O–H groups in total. The molecule has 0 fully saturated rings. The molecule has 0 radical (unpaired) electrons. The van der Waals surface area contributed by atoms with E-state index in [1.54, 1.807) is 30.3 Å². The van der Waals surface area contributed by atoms with Gasteiger partial charge in [0.15, 0.2) is 0 Å². The van der Waals surface area contributed by atoms with Crippen LogP contribution in [0, 0.1) is 0 Å². The van der Waals surface area contributed by atoms with Gasteiger partial charge in [-0.05, 0) is 48.5 Å². The fraction of sp³-hybridized carbons (Fsp3) is 0.136. The number of carbonyl (C=O) groups is 2. The number of alkyl halides is 3. The Morgan fingerprint density at radius 1 is 1.03 bits per heavy atom. The molecular formula is C22H18ClF3N4O3. The van der Waals surface area contributed by atoms with Gasteiger partial charge in [0.05, 0.1) is 10.6 Å². The Morgan fingerprint density at radius 2 is 1.73 bits per heavy atom. The molecule has 33 heavy (non-hydrogen) atoms. The second-order valence-corrected chi connectivity index (χ2v) is 7.14. The minimum Gasteiger partial charge on any atom is -0.457 e. The molecule has 0 aliphatic carbocycles. The van der Waals surface area contributed by atoms with E-state index >= 15 is 0 Å². The number of nitrogens with zero attached hydrogens (tertiary/aromatic N) is 2. The minimum absolute atomic E-state index is 0.0220. The van der Waals surface area contributed by atoms with Crippen molar-refractivity contribution >= 4 is 34.9 Å². The lowest BCUT2D eigenvalue weighted by molar-refractivity contribution is -0.137. The Labute approximate surface area is 192 Å². The molecule has 7 nitrogen and oxygen atoms in total. The van der Waals surface area contributed by atoms with Crippen LogP contribution in [0.25, 0.3) is 0 Å². The monoisotopic (exact) mass is 478 g/mol. The molecule has 0 atom stereocenters. The molecule has 2 aromatic carbocycles. The van der Waals surface area contributed by atoms with E-state index in [0.717, 1.165) is 17.0 Å². The van der Waals surface area contributed by atoms with Crippen LogP contribution in [-0.2, 0) is 6.18 Å². The Morgan fingerprint density at radius 3 is 2.36 bits per heavy atom. The van der Waals surface area contributed by atoms with Gasteiger partial charge in [0.2, 0.25) is 0 Å². The van der Waals surface area contributed by atoms with Crippen LogP contribution in [0.4, 0.5) is 29.3 Å². The van der Waals surface area contributed by atoms with E-state index in [2.05, 4.69) is 15.6 Å². The van der Waals surface area contributed by atoms with Gasteiger partial charge in [-0.1, -0.05) is 11.6 Å². The molecular weight excluding hydrogens is 461 g/mol. The number of rotatable bonds is 5. The van der Waals surface area contributed by atoms with Crippen LogP contribution in [0.5, 0.6) is 11.5 Å². The largest absolute Gasteiger partial charge is 0.457 e. The first-order valence-corrected chi connectivity index (χ1v) is 9.84. The van der Waals surface area contributed by atoms with E-state index in [1.807, 2.05) is 0 Å².